The molecule has 1 atom stereocenters. The van der Waals surface area contributed by atoms with Gasteiger partial charge < -0.3 is 11.1 Å². The van der Waals surface area contributed by atoms with Crippen LogP contribution in [0.2, 0.25) is 0 Å². The summed E-state index contributed by atoms with van der Waals surface area (Å²) in [6.07, 6.45) is 1.07. The Bertz CT molecular complexity index is 598. The van der Waals surface area contributed by atoms with E-state index in [2.05, 4.69) is 20.8 Å². The molecule has 0 radical (unpaired) electrons. The minimum Gasteiger partial charge on any atom is -0.328 e. The number of hydrogen-bond acceptors (Lipinski definition) is 5. The second-order valence-electron chi connectivity index (χ2n) is 4.75. The van der Waals surface area contributed by atoms with Gasteiger partial charge in [0.05, 0.1) is 5.69 Å². The van der Waals surface area contributed by atoms with E-state index in [-0.39, 0.29) is 24.4 Å². The van der Waals surface area contributed by atoms with Gasteiger partial charge in [-0.1, -0.05) is 6.07 Å². The number of rotatable bonds is 5. The van der Waals surface area contributed by atoms with Crippen molar-refractivity contribution in [3.63, 3.8) is 0 Å². The van der Waals surface area contributed by atoms with Gasteiger partial charge in [0.15, 0.2) is 5.82 Å². The SMILES string of the molecule is Cc1nnnn1-c1cccc(NC(=O)CCC(C)N)c1.Cl. The normalized spacial score (nSPS) is 11.6. The Labute approximate surface area is 129 Å². The highest BCUT2D eigenvalue weighted by molar-refractivity contribution is 5.90. The van der Waals surface area contributed by atoms with Gasteiger partial charge in [0.1, 0.15) is 0 Å². The van der Waals surface area contributed by atoms with Crippen LogP contribution in [0.5, 0.6) is 0 Å². The zero-order valence-corrected chi connectivity index (χ0v) is 12.8. The number of anilines is 1. The molecule has 1 heterocycles. The molecular formula is C13H19ClN6O. The molecule has 0 bridgehead atoms. The van der Waals surface area contributed by atoms with Gasteiger partial charge in [-0.3, -0.25) is 4.79 Å². The van der Waals surface area contributed by atoms with Gasteiger partial charge >= 0.3 is 0 Å². The van der Waals surface area contributed by atoms with Crippen LogP contribution in [0, 0.1) is 6.92 Å². The van der Waals surface area contributed by atoms with Gasteiger partial charge in [0.2, 0.25) is 5.91 Å². The zero-order valence-electron chi connectivity index (χ0n) is 12.0. The highest BCUT2D eigenvalue weighted by Gasteiger charge is 2.07. The topological polar surface area (TPSA) is 98.7 Å². The summed E-state index contributed by atoms with van der Waals surface area (Å²) in [4.78, 5) is 11.8. The highest BCUT2D eigenvalue weighted by atomic mass is 35.5. The van der Waals surface area contributed by atoms with E-state index in [0.717, 1.165) is 5.69 Å². The maximum atomic E-state index is 11.8. The molecule has 2 rings (SSSR count). The van der Waals surface area contributed by atoms with Crippen LogP contribution < -0.4 is 11.1 Å². The number of benzene rings is 1. The summed E-state index contributed by atoms with van der Waals surface area (Å²) >= 11 is 0. The molecule has 8 heteroatoms. The van der Waals surface area contributed by atoms with Gasteiger partial charge in [-0.05, 0) is 48.9 Å². The molecule has 1 unspecified atom stereocenters. The summed E-state index contributed by atoms with van der Waals surface area (Å²) in [5.41, 5.74) is 7.15. The first-order valence-electron chi connectivity index (χ1n) is 6.47. The van der Waals surface area contributed by atoms with Gasteiger partial charge in [0.25, 0.3) is 0 Å². The zero-order chi connectivity index (χ0) is 14.5. The van der Waals surface area contributed by atoms with E-state index >= 15 is 0 Å². The van der Waals surface area contributed by atoms with Crippen LogP contribution in [-0.2, 0) is 4.79 Å². The average molecular weight is 311 g/mol. The van der Waals surface area contributed by atoms with Crippen molar-refractivity contribution in [2.75, 3.05) is 5.32 Å². The lowest BCUT2D eigenvalue weighted by Gasteiger charge is -2.08. The van der Waals surface area contributed by atoms with Crippen molar-refractivity contribution in [2.45, 2.75) is 32.7 Å². The predicted molar refractivity (Wildman–Crippen MR) is 82.7 cm³/mol. The maximum absolute atomic E-state index is 11.8. The second-order valence-corrected chi connectivity index (χ2v) is 4.75. The third-order valence-corrected chi connectivity index (χ3v) is 2.83. The third kappa shape index (κ3) is 4.80. The first kappa shape index (κ1) is 17.1. The minimum absolute atomic E-state index is 0. The molecule has 21 heavy (non-hydrogen) atoms. The average Bonchev–Trinajstić information content (AvgIpc) is 2.83. The number of nitrogens with zero attached hydrogens (tertiary/aromatic N) is 4. The number of nitrogens with one attached hydrogen (secondary N) is 1. The van der Waals surface area contributed by atoms with E-state index in [1.165, 1.54) is 0 Å². The molecule has 1 amide bonds. The molecule has 0 aliphatic heterocycles. The predicted octanol–water partition coefficient (Wildman–Crippen LogP) is 1.46. The lowest BCUT2D eigenvalue weighted by atomic mass is 10.2. The first-order valence-corrected chi connectivity index (χ1v) is 6.47. The molecule has 7 nitrogen and oxygen atoms in total. The molecule has 2 aromatic rings. The van der Waals surface area contributed by atoms with Gasteiger partial charge in [-0.25, -0.2) is 0 Å². The largest absolute Gasteiger partial charge is 0.328 e. The Morgan fingerprint density at radius 3 is 2.86 bits per heavy atom. The number of hydrogen-bond donors (Lipinski definition) is 2. The highest BCUT2D eigenvalue weighted by Crippen LogP contribution is 2.15. The van der Waals surface area contributed by atoms with Crippen LogP contribution >= 0.6 is 12.4 Å². The quantitative estimate of drug-likeness (QED) is 0.871. The lowest BCUT2D eigenvalue weighted by molar-refractivity contribution is -0.116. The van der Waals surface area contributed by atoms with E-state index in [4.69, 9.17) is 5.73 Å². The summed E-state index contributed by atoms with van der Waals surface area (Å²) in [6.45, 7) is 3.70. The molecule has 0 saturated heterocycles. The van der Waals surface area contributed by atoms with Crippen LogP contribution in [-0.4, -0.2) is 32.2 Å². The molecule has 0 saturated carbocycles. The monoisotopic (exact) mass is 310 g/mol. The van der Waals surface area contributed by atoms with Gasteiger partial charge in [-0.15, -0.1) is 17.5 Å². The molecule has 0 aliphatic carbocycles. The Balaban J connectivity index is 0.00000220. The fourth-order valence-electron chi connectivity index (χ4n) is 1.77. The fraction of sp³-hybridized carbons (Fsp3) is 0.385. The third-order valence-electron chi connectivity index (χ3n) is 2.83. The van der Waals surface area contributed by atoms with Gasteiger partial charge in [-0.2, -0.15) is 4.68 Å². The number of halogens is 1. The van der Waals surface area contributed by atoms with Crippen LogP contribution in [0.3, 0.4) is 0 Å². The minimum atomic E-state index is -0.0483. The summed E-state index contributed by atoms with van der Waals surface area (Å²) in [6, 6.07) is 7.40. The van der Waals surface area contributed by atoms with E-state index < -0.39 is 0 Å². The standard InChI is InChI=1S/C13H18N6O.ClH/c1-9(14)6-7-13(20)15-11-4-3-5-12(8-11)19-10(2)16-17-18-19;/h3-5,8-9H,6-7,14H2,1-2H3,(H,15,20);1H. The van der Waals surface area contributed by atoms with Crippen molar-refractivity contribution in [1.29, 1.82) is 0 Å². The Kier molecular flexibility index (Phi) is 6.26. The van der Waals surface area contributed by atoms with Crippen molar-refractivity contribution < 1.29 is 4.79 Å². The summed E-state index contributed by atoms with van der Waals surface area (Å²) in [5, 5.41) is 14.2. The number of aromatic nitrogens is 4. The molecule has 3 N–H and O–H groups in total. The number of amides is 1. The van der Waals surface area contributed by atoms with Crippen molar-refractivity contribution >= 4 is 24.0 Å². The number of tetrazole rings is 1. The maximum Gasteiger partial charge on any atom is 0.224 e. The van der Waals surface area contributed by atoms with Crippen molar-refractivity contribution in [2.24, 2.45) is 5.73 Å². The van der Waals surface area contributed by atoms with Gasteiger partial charge in [0, 0.05) is 18.2 Å². The Hall–Kier alpha value is -1.99. The number of aryl methyl sites for hydroxylation is 1. The molecule has 114 valence electrons. The Morgan fingerprint density at radius 2 is 2.24 bits per heavy atom. The van der Waals surface area contributed by atoms with E-state index in [1.807, 2.05) is 38.1 Å². The van der Waals surface area contributed by atoms with E-state index in [9.17, 15) is 4.79 Å². The van der Waals surface area contributed by atoms with Crippen LogP contribution in [0.25, 0.3) is 5.69 Å². The lowest BCUT2D eigenvalue weighted by Crippen LogP contribution is -2.19. The summed E-state index contributed by atoms with van der Waals surface area (Å²) in [7, 11) is 0. The van der Waals surface area contributed by atoms with E-state index in [1.54, 1.807) is 4.68 Å². The van der Waals surface area contributed by atoms with Crippen LogP contribution in [0.4, 0.5) is 5.69 Å². The smallest absolute Gasteiger partial charge is 0.224 e. The second kappa shape index (κ2) is 7.70. The van der Waals surface area contributed by atoms with E-state index in [0.29, 0.717) is 24.4 Å². The number of carbonyl (C=O) groups is 1. The molecule has 0 aliphatic rings. The number of carbonyl (C=O) groups excluding carboxylic acids is 1. The molecule has 0 fully saturated rings. The summed E-state index contributed by atoms with van der Waals surface area (Å²) in [5.74, 6) is 0.637. The molecular weight excluding hydrogens is 292 g/mol. The van der Waals surface area contributed by atoms with Crippen molar-refractivity contribution in [3.05, 3.63) is 30.1 Å². The fourth-order valence-corrected chi connectivity index (χ4v) is 1.77. The Morgan fingerprint density at radius 1 is 1.48 bits per heavy atom. The molecule has 1 aromatic carbocycles. The number of nitrogens with two attached hydrogens (primary N) is 1. The summed E-state index contributed by atoms with van der Waals surface area (Å²) < 4.78 is 1.61. The van der Waals surface area contributed by atoms with Crippen LogP contribution in [0.15, 0.2) is 24.3 Å². The van der Waals surface area contributed by atoms with Crippen LogP contribution in [0.1, 0.15) is 25.6 Å². The molecule has 1 aromatic heterocycles. The first-order chi connectivity index (χ1) is 9.56. The molecule has 0 spiro atoms. The van der Waals surface area contributed by atoms with Crippen molar-refractivity contribution in [1.82, 2.24) is 20.2 Å². The van der Waals surface area contributed by atoms with Crippen molar-refractivity contribution in [3.8, 4) is 5.69 Å².